The van der Waals surface area contributed by atoms with Gasteiger partial charge in [-0.25, -0.2) is 4.79 Å². The van der Waals surface area contributed by atoms with Crippen LogP contribution >= 0.6 is 0 Å². The van der Waals surface area contributed by atoms with Crippen molar-refractivity contribution in [2.45, 2.75) is 59.1 Å². The summed E-state index contributed by atoms with van der Waals surface area (Å²) in [6, 6.07) is -0.272. The van der Waals surface area contributed by atoms with E-state index in [9.17, 15) is 9.59 Å². The number of hydrogen-bond acceptors (Lipinski definition) is 4. The normalized spacial score (nSPS) is 18.7. The fourth-order valence-electron chi connectivity index (χ4n) is 1.85. The highest BCUT2D eigenvalue weighted by Gasteiger charge is 2.56. The molecule has 5 nitrogen and oxygen atoms in total. The summed E-state index contributed by atoms with van der Waals surface area (Å²) in [6.07, 6.45) is 1.01. The van der Waals surface area contributed by atoms with Crippen LogP contribution in [0.3, 0.4) is 0 Å². The molecule has 1 N–H and O–H groups in total. The molecular weight excluding hydrogens is 234 g/mol. The Labute approximate surface area is 108 Å². The van der Waals surface area contributed by atoms with Crippen molar-refractivity contribution in [3.63, 3.8) is 0 Å². The fraction of sp³-hybridized carbons (Fsp3) is 0.846. The second-order valence-electron chi connectivity index (χ2n) is 5.74. The number of carbonyl (C=O) groups is 2. The Morgan fingerprint density at radius 2 is 1.89 bits per heavy atom. The number of hydrogen-bond donors (Lipinski definition) is 1. The lowest BCUT2D eigenvalue weighted by Gasteiger charge is -2.25. The van der Waals surface area contributed by atoms with Crippen LogP contribution in [0.5, 0.6) is 0 Å². The number of alkyl carbamates (subject to hydrolysis) is 1. The molecule has 0 aromatic rings. The van der Waals surface area contributed by atoms with E-state index in [0.717, 1.165) is 12.8 Å². The average Bonchev–Trinajstić information content (AvgIpc) is 2.94. The molecule has 0 unspecified atom stereocenters. The summed E-state index contributed by atoms with van der Waals surface area (Å²) in [5.41, 5.74) is -1.09. The van der Waals surface area contributed by atoms with E-state index in [2.05, 4.69) is 5.32 Å². The zero-order valence-corrected chi connectivity index (χ0v) is 11.8. The monoisotopic (exact) mass is 257 g/mol. The molecule has 1 amide bonds. The number of amides is 1. The Morgan fingerprint density at radius 1 is 1.33 bits per heavy atom. The summed E-state index contributed by atoms with van der Waals surface area (Å²) < 4.78 is 10.2. The van der Waals surface area contributed by atoms with E-state index in [0.29, 0.717) is 6.61 Å². The maximum Gasteiger partial charge on any atom is 0.407 e. The van der Waals surface area contributed by atoms with Gasteiger partial charge >= 0.3 is 12.1 Å². The topological polar surface area (TPSA) is 64.6 Å². The largest absolute Gasteiger partial charge is 0.466 e. The van der Waals surface area contributed by atoms with Gasteiger partial charge in [-0.05, 0) is 47.5 Å². The van der Waals surface area contributed by atoms with Gasteiger partial charge in [0.05, 0.1) is 12.0 Å². The first-order valence-corrected chi connectivity index (χ1v) is 6.38. The predicted molar refractivity (Wildman–Crippen MR) is 67.1 cm³/mol. The van der Waals surface area contributed by atoms with Gasteiger partial charge in [0.1, 0.15) is 5.60 Å². The maximum absolute atomic E-state index is 11.8. The van der Waals surface area contributed by atoms with E-state index < -0.39 is 17.1 Å². The number of nitrogens with one attached hydrogen (secondary N) is 1. The van der Waals surface area contributed by atoms with E-state index >= 15 is 0 Å². The van der Waals surface area contributed by atoms with Crippen LogP contribution < -0.4 is 5.32 Å². The lowest BCUT2D eigenvalue weighted by molar-refractivity contribution is -0.150. The molecule has 1 saturated carbocycles. The molecule has 0 aliphatic heterocycles. The Morgan fingerprint density at radius 3 is 2.28 bits per heavy atom. The third-order valence-corrected chi connectivity index (χ3v) is 3.03. The van der Waals surface area contributed by atoms with E-state index in [1.54, 1.807) is 27.7 Å². The van der Waals surface area contributed by atoms with Gasteiger partial charge in [0, 0.05) is 6.04 Å². The first kappa shape index (κ1) is 14.8. The molecule has 0 aromatic heterocycles. The van der Waals surface area contributed by atoms with Gasteiger partial charge in [-0.1, -0.05) is 0 Å². The molecule has 0 heterocycles. The van der Waals surface area contributed by atoms with E-state index in [1.165, 1.54) is 0 Å². The van der Waals surface area contributed by atoms with Crippen LogP contribution in [0.25, 0.3) is 0 Å². The molecule has 0 aromatic carbocycles. The van der Waals surface area contributed by atoms with Crippen molar-refractivity contribution in [3.8, 4) is 0 Å². The Balaban J connectivity index is 2.53. The van der Waals surface area contributed by atoms with Crippen molar-refractivity contribution in [1.29, 1.82) is 0 Å². The second kappa shape index (κ2) is 5.16. The predicted octanol–water partition coefficient (Wildman–Crippen LogP) is 2.24. The van der Waals surface area contributed by atoms with Gasteiger partial charge in [-0.2, -0.15) is 0 Å². The van der Waals surface area contributed by atoms with Gasteiger partial charge < -0.3 is 14.8 Å². The lowest BCUT2D eigenvalue weighted by Crippen LogP contribution is -2.45. The summed E-state index contributed by atoms with van der Waals surface area (Å²) in [6.45, 7) is 9.36. The Bertz CT molecular complexity index is 328. The van der Waals surface area contributed by atoms with Crippen molar-refractivity contribution < 1.29 is 19.1 Å². The molecule has 1 aliphatic carbocycles. The molecule has 1 fully saturated rings. The van der Waals surface area contributed by atoms with Crippen molar-refractivity contribution in [2.24, 2.45) is 5.41 Å². The van der Waals surface area contributed by atoms with Gasteiger partial charge in [0.25, 0.3) is 0 Å². The lowest BCUT2D eigenvalue weighted by atomic mass is 9.98. The summed E-state index contributed by atoms with van der Waals surface area (Å²) in [7, 11) is 0. The van der Waals surface area contributed by atoms with E-state index in [4.69, 9.17) is 9.47 Å². The minimum Gasteiger partial charge on any atom is -0.466 e. The van der Waals surface area contributed by atoms with Crippen LogP contribution in [0.1, 0.15) is 47.5 Å². The molecule has 1 rings (SSSR count). The number of esters is 1. The molecule has 5 heteroatoms. The minimum absolute atomic E-state index is 0.228. The highest BCUT2D eigenvalue weighted by Crippen LogP contribution is 2.49. The van der Waals surface area contributed by atoms with Gasteiger partial charge in [0.2, 0.25) is 0 Å². The molecule has 1 atom stereocenters. The van der Waals surface area contributed by atoms with E-state index in [1.807, 2.05) is 6.92 Å². The number of rotatable bonds is 4. The fourth-order valence-corrected chi connectivity index (χ4v) is 1.85. The highest BCUT2D eigenvalue weighted by atomic mass is 16.6. The van der Waals surface area contributed by atoms with Gasteiger partial charge in [0.15, 0.2) is 0 Å². The van der Waals surface area contributed by atoms with Crippen LogP contribution in [0, 0.1) is 5.41 Å². The van der Waals surface area contributed by atoms with Crippen molar-refractivity contribution in [2.75, 3.05) is 6.61 Å². The third-order valence-electron chi connectivity index (χ3n) is 3.03. The third kappa shape index (κ3) is 3.62. The summed E-state index contributed by atoms with van der Waals surface area (Å²) >= 11 is 0. The SMILES string of the molecule is CCOC(=O)C1([C@@H](C)NC(=O)OC(C)(C)C)CC1. The molecule has 1 aliphatic rings. The van der Waals surface area contributed by atoms with Crippen LogP contribution in [0.15, 0.2) is 0 Å². The first-order valence-electron chi connectivity index (χ1n) is 6.38. The average molecular weight is 257 g/mol. The first-order chi connectivity index (χ1) is 8.21. The minimum atomic E-state index is -0.549. The smallest absolute Gasteiger partial charge is 0.407 e. The van der Waals surface area contributed by atoms with Crippen LogP contribution in [-0.2, 0) is 14.3 Å². The molecule has 0 radical (unpaired) electrons. The van der Waals surface area contributed by atoms with Crippen LogP contribution in [0.2, 0.25) is 0 Å². The molecule has 0 saturated heterocycles. The standard InChI is InChI=1S/C13H23NO4/c1-6-17-10(15)13(7-8-13)9(2)14-11(16)18-12(3,4)5/h9H,6-8H2,1-5H3,(H,14,16)/t9-/m1/s1. The zero-order chi connectivity index (χ0) is 14.0. The quantitative estimate of drug-likeness (QED) is 0.784. The zero-order valence-electron chi connectivity index (χ0n) is 11.8. The maximum atomic E-state index is 11.8. The van der Waals surface area contributed by atoms with Crippen molar-refractivity contribution in [3.05, 3.63) is 0 Å². The van der Waals surface area contributed by atoms with Gasteiger partial charge in [-0.15, -0.1) is 0 Å². The van der Waals surface area contributed by atoms with Crippen LogP contribution in [-0.4, -0.2) is 30.3 Å². The summed E-state index contributed by atoms with van der Waals surface area (Å²) in [4.78, 5) is 23.5. The molecule has 104 valence electrons. The molecule has 0 bridgehead atoms. The number of ether oxygens (including phenoxy) is 2. The summed E-state index contributed by atoms with van der Waals surface area (Å²) in [5, 5.41) is 2.72. The number of carbonyl (C=O) groups excluding carboxylic acids is 2. The van der Waals surface area contributed by atoms with Crippen molar-refractivity contribution >= 4 is 12.1 Å². The molecule has 0 spiro atoms. The second-order valence-corrected chi connectivity index (χ2v) is 5.74. The van der Waals surface area contributed by atoms with Gasteiger partial charge in [-0.3, -0.25) is 4.79 Å². The molecule has 18 heavy (non-hydrogen) atoms. The van der Waals surface area contributed by atoms with E-state index in [-0.39, 0.29) is 12.0 Å². The highest BCUT2D eigenvalue weighted by molar-refractivity contribution is 5.82. The molecular formula is C13H23NO4. The van der Waals surface area contributed by atoms with Crippen molar-refractivity contribution in [1.82, 2.24) is 5.32 Å². The Kier molecular flexibility index (Phi) is 4.24. The van der Waals surface area contributed by atoms with Crippen LogP contribution in [0.4, 0.5) is 4.79 Å². The Hall–Kier alpha value is -1.26. The summed E-state index contributed by atoms with van der Waals surface area (Å²) in [5.74, 6) is -0.228.